The molecule has 0 aliphatic heterocycles. The number of rotatable bonds is 5. The van der Waals surface area contributed by atoms with Crippen LogP contribution in [0.15, 0.2) is 89.3 Å². The molecule has 30 heavy (non-hydrogen) atoms. The highest BCUT2D eigenvalue weighted by Crippen LogP contribution is 2.32. The SMILES string of the molecule is O=C(Nc1ccc(C=Cc2ccccc2)cc1)c1ccc(-c2cc(Cl)ccc2Cl)o1. The molecule has 0 radical (unpaired) electrons. The Morgan fingerprint density at radius 1 is 0.800 bits per heavy atom. The number of nitrogens with one attached hydrogen (secondary N) is 1. The van der Waals surface area contributed by atoms with Crippen LogP contribution in [0.2, 0.25) is 10.0 Å². The van der Waals surface area contributed by atoms with Crippen LogP contribution in [-0.2, 0) is 0 Å². The highest BCUT2D eigenvalue weighted by molar-refractivity contribution is 6.35. The molecular formula is C25H17Cl2NO2. The van der Waals surface area contributed by atoms with Crippen LogP contribution in [0.1, 0.15) is 21.7 Å². The van der Waals surface area contributed by atoms with E-state index in [4.69, 9.17) is 27.6 Å². The maximum Gasteiger partial charge on any atom is 0.291 e. The summed E-state index contributed by atoms with van der Waals surface area (Å²) < 4.78 is 5.68. The predicted octanol–water partition coefficient (Wildman–Crippen LogP) is 7.68. The zero-order valence-electron chi connectivity index (χ0n) is 15.8. The Morgan fingerprint density at radius 3 is 2.23 bits per heavy atom. The van der Waals surface area contributed by atoms with Gasteiger partial charge in [-0.3, -0.25) is 4.79 Å². The van der Waals surface area contributed by atoms with Gasteiger partial charge in [-0.15, -0.1) is 0 Å². The van der Waals surface area contributed by atoms with Crippen molar-refractivity contribution in [3.63, 3.8) is 0 Å². The Balaban J connectivity index is 1.44. The summed E-state index contributed by atoms with van der Waals surface area (Å²) in [6.07, 6.45) is 4.06. The van der Waals surface area contributed by atoms with Gasteiger partial charge in [-0.25, -0.2) is 0 Å². The first-order valence-electron chi connectivity index (χ1n) is 9.28. The molecule has 1 amide bonds. The average molecular weight is 434 g/mol. The number of carbonyl (C=O) groups excluding carboxylic acids is 1. The fourth-order valence-corrected chi connectivity index (χ4v) is 3.30. The first-order valence-corrected chi connectivity index (χ1v) is 10.0. The molecule has 3 nitrogen and oxygen atoms in total. The zero-order chi connectivity index (χ0) is 20.9. The van der Waals surface area contributed by atoms with E-state index >= 15 is 0 Å². The molecule has 1 N–H and O–H groups in total. The van der Waals surface area contributed by atoms with Gasteiger partial charge in [-0.05, 0) is 53.6 Å². The molecule has 0 spiro atoms. The van der Waals surface area contributed by atoms with Crippen LogP contribution in [0.4, 0.5) is 5.69 Å². The third-order valence-corrected chi connectivity index (χ3v) is 5.02. The van der Waals surface area contributed by atoms with Crippen molar-refractivity contribution in [1.29, 1.82) is 0 Å². The third kappa shape index (κ3) is 4.82. The summed E-state index contributed by atoms with van der Waals surface area (Å²) in [7, 11) is 0. The van der Waals surface area contributed by atoms with Crippen molar-refractivity contribution in [2.24, 2.45) is 0 Å². The summed E-state index contributed by atoms with van der Waals surface area (Å²) >= 11 is 12.2. The molecule has 0 atom stereocenters. The predicted molar refractivity (Wildman–Crippen MR) is 124 cm³/mol. The topological polar surface area (TPSA) is 42.2 Å². The lowest BCUT2D eigenvalue weighted by atomic mass is 10.1. The van der Waals surface area contributed by atoms with E-state index in [0.29, 0.717) is 27.1 Å². The number of hydrogen-bond acceptors (Lipinski definition) is 2. The van der Waals surface area contributed by atoms with Gasteiger partial charge in [-0.1, -0.05) is 77.8 Å². The van der Waals surface area contributed by atoms with Gasteiger partial charge in [0.1, 0.15) is 5.76 Å². The van der Waals surface area contributed by atoms with Crippen LogP contribution in [0.5, 0.6) is 0 Å². The first-order chi connectivity index (χ1) is 14.6. The van der Waals surface area contributed by atoms with Gasteiger partial charge >= 0.3 is 0 Å². The maximum atomic E-state index is 12.5. The smallest absolute Gasteiger partial charge is 0.291 e. The molecule has 5 heteroatoms. The van der Waals surface area contributed by atoms with Crippen LogP contribution >= 0.6 is 23.2 Å². The number of amides is 1. The van der Waals surface area contributed by atoms with E-state index < -0.39 is 0 Å². The first kappa shape index (κ1) is 20.0. The van der Waals surface area contributed by atoms with E-state index in [2.05, 4.69) is 5.32 Å². The van der Waals surface area contributed by atoms with Crippen LogP contribution in [0, 0.1) is 0 Å². The quantitative estimate of drug-likeness (QED) is 0.328. The summed E-state index contributed by atoms with van der Waals surface area (Å²) in [6.45, 7) is 0. The molecule has 0 bridgehead atoms. The van der Waals surface area contributed by atoms with E-state index in [9.17, 15) is 4.79 Å². The Labute approximate surface area is 184 Å². The Morgan fingerprint density at radius 2 is 1.50 bits per heavy atom. The number of anilines is 1. The van der Waals surface area contributed by atoms with Gasteiger partial charge in [0.2, 0.25) is 0 Å². The lowest BCUT2D eigenvalue weighted by molar-refractivity contribution is 0.0997. The minimum atomic E-state index is -0.341. The van der Waals surface area contributed by atoms with Crippen LogP contribution in [0.25, 0.3) is 23.5 Å². The molecule has 0 unspecified atom stereocenters. The molecule has 4 aromatic rings. The Hall–Kier alpha value is -3.27. The van der Waals surface area contributed by atoms with Gasteiger partial charge < -0.3 is 9.73 Å². The van der Waals surface area contributed by atoms with E-state index in [1.165, 1.54) is 0 Å². The monoisotopic (exact) mass is 433 g/mol. The van der Waals surface area contributed by atoms with Gasteiger partial charge in [0, 0.05) is 16.3 Å². The molecule has 1 aromatic heterocycles. The molecule has 4 rings (SSSR count). The maximum absolute atomic E-state index is 12.5. The fourth-order valence-electron chi connectivity index (χ4n) is 2.92. The summed E-state index contributed by atoms with van der Waals surface area (Å²) in [5, 5.41) is 3.87. The molecular weight excluding hydrogens is 417 g/mol. The second kappa shape index (κ2) is 9.04. The van der Waals surface area contributed by atoms with Gasteiger partial charge in [-0.2, -0.15) is 0 Å². The standard InChI is InChI=1S/C25H17Cl2NO2/c26-19-10-13-22(27)21(16-19)23-14-15-24(30-23)25(29)28-20-11-8-18(9-12-20)7-6-17-4-2-1-3-5-17/h1-16H,(H,28,29). The molecule has 0 saturated carbocycles. The molecule has 1 heterocycles. The summed E-state index contributed by atoms with van der Waals surface area (Å²) in [6, 6.07) is 26.0. The molecule has 0 aliphatic carbocycles. The zero-order valence-corrected chi connectivity index (χ0v) is 17.3. The van der Waals surface area contributed by atoms with E-state index in [-0.39, 0.29) is 11.7 Å². The molecule has 0 saturated heterocycles. The number of halogens is 2. The highest BCUT2D eigenvalue weighted by Gasteiger charge is 2.14. The lowest BCUT2D eigenvalue weighted by Gasteiger charge is -2.04. The van der Waals surface area contributed by atoms with Gasteiger partial charge in [0.15, 0.2) is 5.76 Å². The second-order valence-electron chi connectivity index (χ2n) is 6.61. The number of hydrogen-bond donors (Lipinski definition) is 1. The minimum Gasteiger partial charge on any atom is -0.451 e. The van der Waals surface area contributed by atoms with Crippen molar-refractivity contribution in [3.05, 3.63) is 112 Å². The second-order valence-corrected chi connectivity index (χ2v) is 7.45. The van der Waals surface area contributed by atoms with Crippen molar-refractivity contribution in [1.82, 2.24) is 0 Å². The Bertz CT molecular complexity index is 1200. The van der Waals surface area contributed by atoms with Crippen LogP contribution in [0.3, 0.4) is 0 Å². The van der Waals surface area contributed by atoms with Gasteiger partial charge in [0.05, 0.1) is 5.02 Å². The average Bonchev–Trinajstić information content (AvgIpc) is 3.26. The molecule has 148 valence electrons. The van der Waals surface area contributed by atoms with Gasteiger partial charge in [0.25, 0.3) is 5.91 Å². The summed E-state index contributed by atoms with van der Waals surface area (Å²) in [5.74, 6) is 0.329. The van der Waals surface area contributed by atoms with E-state index in [1.807, 2.05) is 66.7 Å². The van der Waals surface area contributed by atoms with Crippen molar-refractivity contribution < 1.29 is 9.21 Å². The van der Waals surface area contributed by atoms with Crippen LogP contribution < -0.4 is 5.32 Å². The molecule has 3 aromatic carbocycles. The summed E-state index contributed by atoms with van der Waals surface area (Å²) in [4.78, 5) is 12.5. The minimum absolute atomic E-state index is 0.189. The molecule has 0 fully saturated rings. The number of furan rings is 1. The number of benzene rings is 3. The van der Waals surface area contributed by atoms with Crippen LogP contribution in [-0.4, -0.2) is 5.91 Å². The fraction of sp³-hybridized carbons (Fsp3) is 0. The normalized spacial score (nSPS) is 11.0. The molecule has 0 aliphatic rings. The van der Waals surface area contributed by atoms with Crippen molar-refractivity contribution in [2.45, 2.75) is 0 Å². The van der Waals surface area contributed by atoms with E-state index in [1.54, 1.807) is 30.3 Å². The lowest BCUT2D eigenvalue weighted by Crippen LogP contribution is -2.10. The largest absolute Gasteiger partial charge is 0.451 e. The van der Waals surface area contributed by atoms with Crippen molar-refractivity contribution >= 4 is 46.9 Å². The summed E-state index contributed by atoms with van der Waals surface area (Å²) in [5.41, 5.74) is 3.48. The van der Waals surface area contributed by atoms with Crippen molar-refractivity contribution in [3.8, 4) is 11.3 Å². The van der Waals surface area contributed by atoms with E-state index in [0.717, 1.165) is 11.1 Å². The van der Waals surface area contributed by atoms with Crippen molar-refractivity contribution in [2.75, 3.05) is 5.32 Å². The Kier molecular flexibility index (Phi) is 6.03. The third-order valence-electron chi connectivity index (χ3n) is 4.46. The highest BCUT2D eigenvalue weighted by atomic mass is 35.5. The number of carbonyl (C=O) groups is 1.